The Bertz CT molecular complexity index is 937. The SMILES string of the molecule is CCCn1c(S[C@@H](C)C(=O)c2ccc(F)cc2)nnc1-c1cccc(C)c1. The molecule has 27 heavy (non-hydrogen) atoms. The summed E-state index contributed by atoms with van der Waals surface area (Å²) < 4.78 is 15.2. The van der Waals surface area contributed by atoms with Gasteiger partial charge in [-0.3, -0.25) is 4.79 Å². The van der Waals surface area contributed by atoms with Gasteiger partial charge in [-0.1, -0.05) is 42.4 Å². The Kier molecular flexibility index (Phi) is 6.06. The highest BCUT2D eigenvalue weighted by Gasteiger charge is 2.21. The molecule has 0 aliphatic rings. The number of hydrogen-bond acceptors (Lipinski definition) is 4. The molecule has 0 N–H and O–H groups in total. The zero-order chi connectivity index (χ0) is 19.4. The van der Waals surface area contributed by atoms with Gasteiger partial charge in [-0.15, -0.1) is 10.2 Å². The summed E-state index contributed by atoms with van der Waals surface area (Å²) in [5, 5.41) is 9.08. The van der Waals surface area contributed by atoms with Gasteiger partial charge in [-0.25, -0.2) is 4.39 Å². The van der Waals surface area contributed by atoms with Gasteiger partial charge in [0.15, 0.2) is 16.8 Å². The van der Waals surface area contributed by atoms with Gasteiger partial charge in [0.05, 0.1) is 5.25 Å². The fourth-order valence-electron chi connectivity index (χ4n) is 2.86. The van der Waals surface area contributed by atoms with Crippen molar-refractivity contribution in [2.24, 2.45) is 0 Å². The molecule has 0 radical (unpaired) electrons. The van der Waals surface area contributed by atoms with E-state index >= 15 is 0 Å². The number of Topliss-reactive ketones (excluding diaryl/α,β-unsaturated/α-hetero) is 1. The molecule has 1 atom stereocenters. The van der Waals surface area contributed by atoms with Crippen molar-refractivity contribution in [3.05, 3.63) is 65.5 Å². The molecule has 0 unspecified atom stereocenters. The summed E-state index contributed by atoms with van der Waals surface area (Å²) in [6, 6.07) is 13.8. The fraction of sp³-hybridized carbons (Fsp3) is 0.286. The Hall–Kier alpha value is -2.47. The van der Waals surface area contributed by atoms with E-state index in [1.807, 2.05) is 32.0 Å². The Morgan fingerprint density at radius 3 is 2.59 bits per heavy atom. The first-order chi connectivity index (χ1) is 13.0. The maximum Gasteiger partial charge on any atom is 0.192 e. The maximum atomic E-state index is 13.1. The van der Waals surface area contributed by atoms with Gasteiger partial charge in [0.1, 0.15) is 5.82 Å². The second-order valence-electron chi connectivity index (χ2n) is 6.46. The van der Waals surface area contributed by atoms with Crippen LogP contribution in [0.1, 0.15) is 36.2 Å². The van der Waals surface area contributed by atoms with E-state index in [1.165, 1.54) is 36.0 Å². The largest absolute Gasteiger partial charge is 0.302 e. The molecule has 0 aliphatic heterocycles. The number of halogens is 1. The van der Waals surface area contributed by atoms with Crippen LogP contribution >= 0.6 is 11.8 Å². The van der Waals surface area contributed by atoms with Gasteiger partial charge >= 0.3 is 0 Å². The normalized spacial score (nSPS) is 12.1. The van der Waals surface area contributed by atoms with Crippen LogP contribution in [-0.4, -0.2) is 25.8 Å². The van der Waals surface area contributed by atoms with Gasteiger partial charge < -0.3 is 4.57 Å². The second-order valence-corrected chi connectivity index (χ2v) is 7.77. The molecule has 0 aliphatic carbocycles. The number of hydrogen-bond donors (Lipinski definition) is 0. The average molecular weight is 383 g/mol. The molecule has 140 valence electrons. The lowest BCUT2D eigenvalue weighted by Gasteiger charge is -2.12. The quantitative estimate of drug-likeness (QED) is 0.417. The predicted molar refractivity (Wildman–Crippen MR) is 107 cm³/mol. The number of carbonyl (C=O) groups excluding carboxylic acids is 1. The van der Waals surface area contributed by atoms with Crippen LogP contribution in [0, 0.1) is 12.7 Å². The first kappa shape index (κ1) is 19.3. The van der Waals surface area contributed by atoms with E-state index in [9.17, 15) is 9.18 Å². The molecule has 0 fully saturated rings. The van der Waals surface area contributed by atoms with Crippen LogP contribution in [0.5, 0.6) is 0 Å². The van der Waals surface area contributed by atoms with Crippen LogP contribution in [0.3, 0.4) is 0 Å². The number of rotatable bonds is 7. The Morgan fingerprint density at radius 2 is 1.93 bits per heavy atom. The van der Waals surface area contributed by atoms with E-state index in [-0.39, 0.29) is 16.9 Å². The van der Waals surface area contributed by atoms with Crippen molar-refractivity contribution in [3.8, 4) is 11.4 Å². The van der Waals surface area contributed by atoms with E-state index in [0.29, 0.717) is 5.56 Å². The van der Waals surface area contributed by atoms with Crippen LogP contribution in [0.15, 0.2) is 53.7 Å². The second kappa shape index (κ2) is 8.48. The molecule has 3 rings (SSSR count). The van der Waals surface area contributed by atoms with Crippen molar-refractivity contribution in [2.75, 3.05) is 0 Å². The predicted octanol–water partition coefficient (Wildman–Crippen LogP) is 5.17. The van der Waals surface area contributed by atoms with Crippen molar-refractivity contribution < 1.29 is 9.18 Å². The summed E-state index contributed by atoms with van der Waals surface area (Å²) in [6.45, 7) is 6.76. The molecule has 1 aromatic heterocycles. The van der Waals surface area contributed by atoms with Crippen LogP contribution in [-0.2, 0) is 6.54 Å². The summed E-state index contributed by atoms with van der Waals surface area (Å²) in [4.78, 5) is 12.7. The first-order valence-corrected chi connectivity index (χ1v) is 9.84. The van der Waals surface area contributed by atoms with Gasteiger partial charge in [0.2, 0.25) is 0 Å². The lowest BCUT2D eigenvalue weighted by atomic mass is 10.1. The van der Waals surface area contributed by atoms with Crippen molar-refractivity contribution >= 4 is 17.5 Å². The number of thioether (sulfide) groups is 1. The molecular formula is C21H22FN3OS. The minimum absolute atomic E-state index is 0.0526. The number of aryl methyl sites for hydroxylation is 1. The molecular weight excluding hydrogens is 361 g/mol. The molecule has 0 amide bonds. The summed E-state index contributed by atoms with van der Waals surface area (Å²) in [5.74, 6) is 0.407. The molecule has 4 nitrogen and oxygen atoms in total. The minimum atomic E-state index is -0.350. The number of aromatic nitrogens is 3. The molecule has 6 heteroatoms. The third kappa shape index (κ3) is 4.45. The molecule has 2 aromatic carbocycles. The standard InChI is InChI=1S/C21H22FN3OS/c1-4-12-25-20(17-7-5-6-14(2)13-17)23-24-21(25)27-15(3)19(26)16-8-10-18(22)11-9-16/h5-11,13,15H,4,12H2,1-3H3/t15-/m0/s1. The third-order valence-corrected chi connectivity index (χ3v) is 5.30. The Balaban J connectivity index is 1.86. The number of carbonyl (C=O) groups is 1. The van der Waals surface area contributed by atoms with Crippen LogP contribution < -0.4 is 0 Å². The van der Waals surface area contributed by atoms with Crippen molar-refractivity contribution in [1.82, 2.24) is 14.8 Å². The highest BCUT2D eigenvalue weighted by atomic mass is 32.2. The topological polar surface area (TPSA) is 47.8 Å². The van der Waals surface area contributed by atoms with Gasteiger partial charge in [-0.2, -0.15) is 0 Å². The van der Waals surface area contributed by atoms with Crippen molar-refractivity contribution in [2.45, 2.75) is 44.1 Å². The van der Waals surface area contributed by atoms with Gasteiger partial charge in [-0.05, 0) is 50.6 Å². The smallest absolute Gasteiger partial charge is 0.192 e. The summed E-state index contributed by atoms with van der Waals surface area (Å²) >= 11 is 1.38. The summed E-state index contributed by atoms with van der Waals surface area (Å²) in [5.41, 5.74) is 2.67. The monoisotopic (exact) mass is 383 g/mol. The van der Waals surface area contributed by atoms with E-state index < -0.39 is 0 Å². The van der Waals surface area contributed by atoms with Crippen LogP contribution in [0.2, 0.25) is 0 Å². The minimum Gasteiger partial charge on any atom is -0.302 e. The molecule has 1 heterocycles. The number of ketones is 1. The van der Waals surface area contributed by atoms with Crippen molar-refractivity contribution in [1.29, 1.82) is 0 Å². The average Bonchev–Trinajstić information content (AvgIpc) is 3.04. The number of benzene rings is 2. The first-order valence-electron chi connectivity index (χ1n) is 8.96. The van der Waals surface area contributed by atoms with E-state index in [0.717, 1.165) is 35.1 Å². The van der Waals surface area contributed by atoms with Gasteiger partial charge in [0.25, 0.3) is 0 Å². The lowest BCUT2D eigenvalue weighted by molar-refractivity contribution is 0.0994. The zero-order valence-electron chi connectivity index (χ0n) is 15.6. The zero-order valence-corrected chi connectivity index (χ0v) is 16.5. The van der Waals surface area contributed by atoms with E-state index in [2.05, 4.69) is 27.8 Å². The maximum absolute atomic E-state index is 13.1. The molecule has 0 bridgehead atoms. The molecule has 0 spiro atoms. The van der Waals surface area contributed by atoms with E-state index in [1.54, 1.807) is 0 Å². The molecule has 0 saturated heterocycles. The van der Waals surface area contributed by atoms with Crippen molar-refractivity contribution in [3.63, 3.8) is 0 Å². The Morgan fingerprint density at radius 1 is 1.19 bits per heavy atom. The Labute approximate surface area is 162 Å². The summed E-state index contributed by atoms with van der Waals surface area (Å²) in [6.07, 6.45) is 0.935. The molecule has 0 saturated carbocycles. The highest BCUT2D eigenvalue weighted by molar-refractivity contribution is 8.00. The van der Waals surface area contributed by atoms with Crippen LogP contribution in [0.4, 0.5) is 4.39 Å². The lowest BCUT2D eigenvalue weighted by Crippen LogP contribution is -2.15. The third-order valence-electron chi connectivity index (χ3n) is 4.22. The molecule has 3 aromatic rings. The fourth-order valence-corrected chi connectivity index (χ4v) is 3.81. The van der Waals surface area contributed by atoms with Gasteiger partial charge in [0, 0.05) is 17.7 Å². The van der Waals surface area contributed by atoms with E-state index in [4.69, 9.17) is 0 Å². The number of nitrogens with zero attached hydrogens (tertiary/aromatic N) is 3. The summed E-state index contributed by atoms with van der Waals surface area (Å²) in [7, 11) is 0. The van der Waals surface area contributed by atoms with Crippen LogP contribution in [0.25, 0.3) is 11.4 Å². The highest BCUT2D eigenvalue weighted by Crippen LogP contribution is 2.29.